The lowest BCUT2D eigenvalue weighted by atomic mass is 10.0. The first-order chi connectivity index (χ1) is 6.77. The van der Waals surface area contributed by atoms with Crippen molar-refractivity contribution >= 4 is 6.29 Å². The molecule has 0 fully saturated rings. The Morgan fingerprint density at radius 1 is 1.36 bits per heavy atom. The van der Waals surface area contributed by atoms with Crippen LogP contribution in [0.1, 0.15) is 31.7 Å². The quantitative estimate of drug-likeness (QED) is 0.670. The van der Waals surface area contributed by atoms with E-state index in [1.807, 2.05) is 31.2 Å². The van der Waals surface area contributed by atoms with E-state index < -0.39 is 0 Å². The van der Waals surface area contributed by atoms with Crippen molar-refractivity contribution in [3.05, 3.63) is 29.8 Å². The molecular formula is C12H16O2. The number of carbonyl (C=O) groups is 1. The highest BCUT2D eigenvalue weighted by molar-refractivity contribution is 5.61. The average Bonchev–Trinajstić information content (AvgIpc) is 2.26. The molecule has 1 aromatic carbocycles. The second kappa shape index (κ2) is 5.43. The monoisotopic (exact) mass is 192 g/mol. The summed E-state index contributed by atoms with van der Waals surface area (Å²) in [5, 5.41) is 0. The molecule has 0 spiro atoms. The van der Waals surface area contributed by atoms with E-state index in [1.165, 1.54) is 0 Å². The highest BCUT2D eigenvalue weighted by Gasteiger charge is 2.02. The number of hydrogen-bond donors (Lipinski definition) is 0. The zero-order valence-corrected chi connectivity index (χ0v) is 8.69. The number of ether oxygens (including phenoxy) is 1. The molecule has 1 unspecified atom stereocenters. The summed E-state index contributed by atoms with van der Waals surface area (Å²) in [4.78, 5) is 10.5. The fourth-order valence-corrected chi connectivity index (χ4v) is 1.17. The molecule has 0 aliphatic rings. The average molecular weight is 192 g/mol. The normalized spacial score (nSPS) is 12.1. The van der Waals surface area contributed by atoms with Crippen LogP contribution in [-0.4, -0.2) is 12.9 Å². The molecule has 0 aliphatic heterocycles. The van der Waals surface area contributed by atoms with Crippen LogP contribution in [0.3, 0.4) is 0 Å². The molecular weight excluding hydrogens is 176 g/mol. The molecule has 14 heavy (non-hydrogen) atoms. The number of hydrogen-bond acceptors (Lipinski definition) is 2. The lowest BCUT2D eigenvalue weighted by molar-refractivity contribution is -0.108. The van der Waals surface area contributed by atoms with Gasteiger partial charge in [-0.15, -0.1) is 0 Å². The molecule has 0 aliphatic carbocycles. The van der Waals surface area contributed by atoms with Crippen LogP contribution in [0.5, 0.6) is 5.75 Å². The summed E-state index contributed by atoms with van der Waals surface area (Å²) in [6, 6.07) is 7.68. The molecule has 1 rings (SSSR count). The first kappa shape index (κ1) is 10.8. The first-order valence-electron chi connectivity index (χ1n) is 4.96. The van der Waals surface area contributed by atoms with Crippen molar-refractivity contribution in [3.8, 4) is 5.75 Å². The van der Waals surface area contributed by atoms with Gasteiger partial charge in [-0.1, -0.05) is 26.0 Å². The van der Waals surface area contributed by atoms with E-state index in [2.05, 4.69) is 6.92 Å². The molecule has 0 saturated carbocycles. The van der Waals surface area contributed by atoms with E-state index in [0.717, 1.165) is 30.6 Å². The van der Waals surface area contributed by atoms with Gasteiger partial charge in [-0.3, -0.25) is 0 Å². The van der Waals surface area contributed by atoms with Gasteiger partial charge in [0, 0.05) is 5.92 Å². The van der Waals surface area contributed by atoms with E-state index in [9.17, 15) is 4.79 Å². The Labute approximate surface area is 84.9 Å². The van der Waals surface area contributed by atoms with Crippen molar-refractivity contribution < 1.29 is 9.53 Å². The fraction of sp³-hybridized carbons (Fsp3) is 0.417. The number of carbonyl (C=O) groups excluding carboxylic acids is 1. The van der Waals surface area contributed by atoms with Gasteiger partial charge in [-0.2, -0.15) is 0 Å². The number of rotatable bonds is 5. The SMILES string of the molecule is CCCOc1ccc(C(C)C=O)cc1. The Kier molecular flexibility index (Phi) is 4.17. The van der Waals surface area contributed by atoms with Crippen molar-refractivity contribution in [3.63, 3.8) is 0 Å². The maximum absolute atomic E-state index is 10.5. The summed E-state index contributed by atoms with van der Waals surface area (Å²) in [7, 11) is 0. The molecule has 0 radical (unpaired) electrons. The van der Waals surface area contributed by atoms with Gasteiger partial charge in [0.2, 0.25) is 0 Å². The Morgan fingerprint density at radius 3 is 2.50 bits per heavy atom. The molecule has 2 nitrogen and oxygen atoms in total. The third-order valence-electron chi connectivity index (χ3n) is 2.08. The summed E-state index contributed by atoms with van der Waals surface area (Å²) in [5.41, 5.74) is 1.03. The van der Waals surface area contributed by atoms with E-state index in [1.54, 1.807) is 0 Å². The van der Waals surface area contributed by atoms with Crippen LogP contribution in [0.2, 0.25) is 0 Å². The van der Waals surface area contributed by atoms with Gasteiger partial charge in [0.1, 0.15) is 12.0 Å². The zero-order valence-electron chi connectivity index (χ0n) is 8.69. The predicted molar refractivity (Wildman–Crippen MR) is 56.7 cm³/mol. The van der Waals surface area contributed by atoms with Gasteiger partial charge in [-0.05, 0) is 24.1 Å². The Hall–Kier alpha value is -1.31. The largest absolute Gasteiger partial charge is 0.494 e. The highest BCUT2D eigenvalue weighted by atomic mass is 16.5. The smallest absolute Gasteiger partial charge is 0.127 e. The second-order valence-corrected chi connectivity index (χ2v) is 3.34. The highest BCUT2D eigenvalue weighted by Crippen LogP contribution is 2.17. The topological polar surface area (TPSA) is 26.3 Å². The van der Waals surface area contributed by atoms with Crippen LogP contribution in [-0.2, 0) is 4.79 Å². The minimum absolute atomic E-state index is 0.0322. The van der Waals surface area contributed by atoms with Gasteiger partial charge < -0.3 is 9.53 Å². The summed E-state index contributed by atoms with van der Waals surface area (Å²) in [5.74, 6) is 0.837. The van der Waals surface area contributed by atoms with Crippen LogP contribution in [0.25, 0.3) is 0 Å². The van der Waals surface area contributed by atoms with Crippen molar-refractivity contribution in [2.75, 3.05) is 6.61 Å². The third-order valence-corrected chi connectivity index (χ3v) is 2.08. The molecule has 0 amide bonds. The third kappa shape index (κ3) is 2.87. The fourth-order valence-electron chi connectivity index (χ4n) is 1.17. The van der Waals surface area contributed by atoms with Crippen LogP contribution in [0.15, 0.2) is 24.3 Å². The molecule has 1 atom stereocenters. The molecule has 76 valence electrons. The van der Waals surface area contributed by atoms with Gasteiger partial charge in [0.05, 0.1) is 6.61 Å². The maximum atomic E-state index is 10.5. The Balaban J connectivity index is 2.63. The number of benzene rings is 1. The van der Waals surface area contributed by atoms with E-state index >= 15 is 0 Å². The van der Waals surface area contributed by atoms with Crippen LogP contribution in [0, 0.1) is 0 Å². The lowest BCUT2D eigenvalue weighted by Gasteiger charge is -2.07. The van der Waals surface area contributed by atoms with E-state index in [0.29, 0.717) is 0 Å². The van der Waals surface area contributed by atoms with Gasteiger partial charge in [0.15, 0.2) is 0 Å². The van der Waals surface area contributed by atoms with Gasteiger partial charge in [0.25, 0.3) is 0 Å². The van der Waals surface area contributed by atoms with Crippen molar-refractivity contribution in [2.24, 2.45) is 0 Å². The Bertz CT molecular complexity index is 277. The molecule has 0 N–H and O–H groups in total. The standard InChI is InChI=1S/C12H16O2/c1-3-8-14-12-6-4-11(5-7-12)10(2)9-13/h4-7,9-10H,3,8H2,1-2H3. The molecule has 0 bridgehead atoms. The van der Waals surface area contributed by atoms with E-state index in [4.69, 9.17) is 4.74 Å². The van der Waals surface area contributed by atoms with Gasteiger partial charge >= 0.3 is 0 Å². The van der Waals surface area contributed by atoms with Crippen molar-refractivity contribution in [1.82, 2.24) is 0 Å². The number of aldehydes is 1. The molecule has 2 heteroatoms. The Morgan fingerprint density at radius 2 is 2.00 bits per heavy atom. The van der Waals surface area contributed by atoms with Gasteiger partial charge in [-0.25, -0.2) is 0 Å². The minimum Gasteiger partial charge on any atom is -0.494 e. The molecule has 0 aromatic heterocycles. The summed E-state index contributed by atoms with van der Waals surface area (Å²) in [6.45, 7) is 4.69. The maximum Gasteiger partial charge on any atom is 0.127 e. The minimum atomic E-state index is -0.0322. The van der Waals surface area contributed by atoms with Crippen LogP contribution < -0.4 is 4.74 Å². The second-order valence-electron chi connectivity index (χ2n) is 3.34. The molecule has 1 aromatic rings. The van der Waals surface area contributed by atoms with Crippen molar-refractivity contribution in [1.29, 1.82) is 0 Å². The zero-order chi connectivity index (χ0) is 10.4. The lowest BCUT2D eigenvalue weighted by Crippen LogP contribution is -1.97. The van der Waals surface area contributed by atoms with Crippen molar-refractivity contribution in [2.45, 2.75) is 26.2 Å². The van der Waals surface area contributed by atoms with Crippen LogP contribution >= 0.6 is 0 Å². The first-order valence-corrected chi connectivity index (χ1v) is 4.96. The molecule has 0 heterocycles. The predicted octanol–water partition coefficient (Wildman–Crippen LogP) is 2.78. The van der Waals surface area contributed by atoms with Crippen LogP contribution in [0.4, 0.5) is 0 Å². The summed E-state index contributed by atoms with van der Waals surface area (Å²) < 4.78 is 5.44. The summed E-state index contributed by atoms with van der Waals surface area (Å²) in [6.07, 6.45) is 1.95. The molecule has 0 saturated heterocycles. The summed E-state index contributed by atoms with van der Waals surface area (Å²) >= 11 is 0. The van der Waals surface area contributed by atoms with E-state index in [-0.39, 0.29) is 5.92 Å².